The number of halogens is 1. The fourth-order valence-corrected chi connectivity index (χ4v) is 5.79. The van der Waals surface area contributed by atoms with Crippen LogP contribution < -0.4 is 5.73 Å². The zero-order valence-corrected chi connectivity index (χ0v) is 22.9. The van der Waals surface area contributed by atoms with E-state index in [-0.39, 0.29) is 21.8 Å². The van der Waals surface area contributed by atoms with Crippen molar-refractivity contribution in [1.82, 2.24) is 20.2 Å². The van der Waals surface area contributed by atoms with Crippen LogP contribution in [-0.2, 0) is 4.79 Å². The first-order valence-electron chi connectivity index (χ1n) is 12.5. The number of para-hydroxylation sites is 1. The molecule has 2 unspecified atom stereocenters. The first-order chi connectivity index (χ1) is 17.5. The van der Waals surface area contributed by atoms with Crippen LogP contribution in [0.4, 0.5) is 0 Å². The molecule has 1 aromatic heterocycles. The Labute approximate surface area is 225 Å². The van der Waals surface area contributed by atoms with Crippen molar-refractivity contribution in [2.45, 2.75) is 73.5 Å². The highest BCUT2D eigenvalue weighted by atomic mass is 79.9. The molecule has 1 heterocycles. The molecule has 0 bridgehead atoms. The molecule has 0 saturated heterocycles. The Kier molecular flexibility index (Phi) is 12.1. The summed E-state index contributed by atoms with van der Waals surface area (Å²) >= 11 is 5.39. The Bertz CT molecular complexity index is 1060. The number of carbonyl (C=O) groups excluding carboxylic acids is 2. The molecular weight excluding hydrogens is 538 g/mol. The molecule has 2 aromatic carbocycles. The summed E-state index contributed by atoms with van der Waals surface area (Å²) in [7, 11) is 0. The highest BCUT2D eigenvalue weighted by Gasteiger charge is 2.17. The average molecular weight is 573 g/mol. The number of benzene rings is 2. The van der Waals surface area contributed by atoms with Gasteiger partial charge in [0.1, 0.15) is 0 Å². The van der Waals surface area contributed by atoms with Crippen LogP contribution >= 0.6 is 27.7 Å². The Morgan fingerprint density at radius 3 is 2.22 bits per heavy atom. The van der Waals surface area contributed by atoms with Crippen molar-refractivity contribution in [3.63, 3.8) is 0 Å². The van der Waals surface area contributed by atoms with Gasteiger partial charge >= 0.3 is 0 Å². The molecular formula is C27H34BrN5O2S. The molecule has 9 heteroatoms. The zero-order chi connectivity index (χ0) is 25.6. The minimum Gasteiger partial charge on any atom is -0.370 e. The minimum atomic E-state index is -0.299. The zero-order valence-electron chi connectivity index (χ0n) is 20.5. The Morgan fingerprint density at radius 1 is 0.889 bits per heavy atom. The number of alkyl halides is 1. The summed E-state index contributed by atoms with van der Waals surface area (Å²) in [4.78, 5) is 23.9. The van der Waals surface area contributed by atoms with Crippen LogP contribution in [0.15, 0.2) is 65.8 Å². The third-order valence-corrected chi connectivity index (χ3v) is 8.06. The number of aromatic nitrogens is 4. The van der Waals surface area contributed by atoms with E-state index in [1.165, 1.54) is 0 Å². The molecule has 0 aliphatic heterocycles. The van der Waals surface area contributed by atoms with Crippen molar-refractivity contribution < 1.29 is 9.59 Å². The number of nitrogens with two attached hydrogens (primary N) is 1. The Balaban J connectivity index is 1.33. The third kappa shape index (κ3) is 9.85. The topological polar surface area (TPSA) is 104 Å². The van der Waals surface area contributed by atoms with Gasteiger partial charge in [0.15, 0.2) is 5.78 Å². The van der Waals surface area contributed by atoms with Gasteiger partial charge in [-0.1, -0.05) is 108 Å². The van der Waals surface area contributed by atoms with Crippen molar-refractivity contribution in [3.05, 3.63) is 66.2 Å². The van der Waals surface area contributed by atoms with Gasteiger partial charge in [0.05, 0.1) is 9.85 Å². The van der Waals surface area contributed by atoms with Crippen molar-refractivity contribution in [2.24, 2.45) is 11.7 Å². The van der Waals surface area contributed by atoms with E-state index in [1.54, 1.807) is 16.4 Å². The number of ketones is 1. The Morgan fingerprint density at radius 2 is 1.53 bits per heavy atom. The van der Waals surface area contributed by atoms with E-state index in [0.717, 1.165) is 61.4 Å². The minimum absolute atomic E-state index is 0.143. The maximum Gasteiger partial charge on any atom is 0.217 e. The van der Waals surface area contributed by atoms with Crippen LogP contribution in [0.2, 0.25) is 0 Å². The fourth-order valence-electron chi connectivity index (χ4n) is 4.12. The van der Waals surface area contributed by atoms with Gasteiger partial charge in [-0.25, -0.2) is 0 Å². The third-order valence-electron chi connectivity index (χ3n) is 6.09. The first kappa shape index (κ1) is 28.1. The summed E-state index contributed by atoms with van der Waals surface area (Å²) in [6.45, 7) is 0. The maximum atomic E-state index is 12.6. The number of primary amides is 1. The van der Waals surface area contributed by atoms with E-state index in [4.69, 9.17) is 5.73 Å². The van der Waals surface area contributed by atoms with Crippen LogP contribution in [0, 0.1) is 5.92 Å². The molecule has 36 heavy (non-hydrogen) atoms. The smallest absolute Gasteiger partial charge is 0.217 e. The largest absolute Gasteiger partial charge is 0.370 e. The van der Waals surface area contributed by atoms with Gasteiger partial charge in [-0.15, -0.1) is 5.10 Å². The van der Waals surface area contributed by atoms with Crippen LogP contribution in [0.25, 0.3) is 5.69 Å². The van der Waals surface area contributed by atoms with Crippen molar-refractivity contribution in [1.29, 1.82) is 0 Å². The Hall–Kier alpha value is -2.52. The molecule has 1 amide bonds. The summed E-state index contributed by atoms with van der Waals surface area (Å²) in [5, 5.41) is 12.9. The number of Topliss-reactive ketones (excluding diaryl/α,β-unsaturated/α-hetero) is 1. The van der Waals surface area contributed by atoms with E-state index < -0.39 is 0 Å². The SMILES string of the molecule is NC(=O)CCC(CCCCCCCC(Br)Sc1nnnn1-c1ccccc1)CC(=O)c1ccccc1. The van der Waals surface area contributed by atoms with Crippen LogP contribution in [0.5, 0.6) is 0 Å². The second-order valence-corrected chi connectivity index (χ2v) is 11.8. The van der Waals surface area contributed by atoms with Gasteiger partial charge < -0.3 is 5.73 Å². The number of rotatable bonds is 17. The number of thioether (sulfide) groups is 1. The number of nitrogens with zero attached hydrogens (tertiary/aromatic N) is 4. The number of carbonyl (C=O) groups is 2. The molecule has 192 valence electrons. The number of unbranched alkanes of at least 4 members (excludes halogenated alkanes) is 4. The van der Waals surface area contributed by atoms with Crippen LogP contribution in [-0.4, -0.2) is 36.1 Å². The second kappa shape index (κ2) is 15.6. The lowest BCUT2D eigenvalue weighted by Gasteiger charge is -2.15. The van der Waals surface area contributed by atoms with Gasteiger partial charge in [0.2, 0.25) is 11.1 Å². The van der Waals surface area contributed by atoms with Gasteiger partial charge in [-0.05, 0) is 47.7 Å². The summed E-state index contributed by atoms with van der Waals surface area (Å²) in [6.07, 6.45) is 9.08. The second-order valence-electron chi connectivity index (χ2n) is 8.95. The normalized spacial score (nSPS) is 12.8. The summed E-state index contributed by atoms with van der Waals surface area (Å²) < 4.78 is 2.00. The lowest BCUT2D eigenvalue weighted by Crippen LogP contribution is -2.15. The summed E-state index contributed by atoms with van der Waals surface area (Å²) in [6, 6.07) is 19.3. The number of amides is 1. The maximum absolute atomic E-state index is 12.6. The first-order valence-corrected chi connectivity index (χ1v) is 14.3. The molecule has 0 fully saturated rings. The standard InChI is InChI=1S/C27H34BrN5O2S/c28-25(36-27-30-31-32-33(27)23-15-9-5-10-16-23)17-11-3-1-2-6-12-21(18-19-26(29)35)20-24(34)22-13-7-4-8-14-22/h4-5,7-10,13-16,21,25H,1-3,6,11-12,17-20H2,(H2,29,35). The molecule has 3 rings (SSSR count). The number of hydrogen-bond acceptors (Lipinski definition) is 6. The molecule has 0 saturated carbocycles. The van der Waals surface area contributed by atoms with Crippen molar-refractivity contribution >= 4 is 39.4 Å². The van der Waals surface area contributed by atoms with E-state index >= 15 is 0 Å². The summed E-state index contributed by atoms with van der Waals surface area (Å²) in [5.41, 5.74) is 7.04. The van der Waals surface area contributed by atoms with E-state index in [2.05, 4.69) is 31.5 Å². The molecule has 0 aliphatic carbocycles. The highest BCUT2D eigenvalue weighted by Crippen LogP contribution is 2.30. The predicted octanol–water partition coefficient (Wildman–Crippen LogP) is 6.36. The number of tetrazole rings is 1. The van der Waals surface area contributed by atoms with Gasteiger partial charge in [0.25, 0.3) is 0 Å². The lowest BCUT2D eigenvalue weighted by atomic mass is 9.89. The van der Waals surface area contributed by atoms with E-state index in [9.17, 15) is 9.59 Å². The van der Waals surface area contributed by atoms with E-state index in [0.29, 0.717) is 19.3 Å². The van der Waals surface area contributed by atoms with Crippen LogP contribution in [0.3, 0.4) is 0 Å². The van der Waals surface area contributed by atoms with Crippen molar-refractivity contribution in [3.8, 4) is 5.69 Å². The van der Waals surface area contributed by atoms with Gasteiger partial charge in [0, 0.05) is 18.4 Å². The number of hydrogen-bond donors (Lipinski definition) is 1. The van der Waals surface area contributed by atoms with Gasteiger partial charge in [-0.3, -0.25) is 9.59 Å². The molecule has 0 spiro atoms. The molecule has 0 aliphatic rings. The van der Waals surface area contributed by atoms with E-state index in [1.807, 2.05) is 60.7 Å². The molecule has 3 aromatic rings. The highest BCUT2D eigenvalue weighted by molar-refractivity contribution is 9.11. The quantitative estimate of drug-likeness (QED) is 0.0874. The fraction of sp³-hybridized carbons (Fsp3) is 0.444. The van der Waals surface area contributed by atoms with Crippen LogP contribution in [0.1, 0.15) is 74.6 Å². The molecule has 7 nitrogen and oxygen atoms in total. The molecule has 2 N–H and O–H groups in total. The van der Waals surface area contributed by atoms with Gasteiger partial charge in [-0.2, -0.15) is 4.68 Å². The van der Waals surface area contributed by atoms with Crippen molar-refractivity contribution in [2.75, 3.05) is 0 Å². The molecule has 2 atom stereocenters. The monoisotopic (exact) mass is 571 g/mol. The summed E-state index contributed by atoms with van der Waals surface area (Å²) in [5.74, 6) is 0.0421. The predicted molar refractivity (Wildman–Crippen MR) is 147 cm³/mol. The average Bonchev–Trinajstić information content (AvgIpc) is 3.35. The molecule has 0 radical (unpaired) electrons. The lowest BCUT2D eigenvalue weighted by molar-refractivity contribution is -0.118.